The summed E-state index contributed by atoms with van der Waals surface area (Å²) in [5.74, 6) is -0.646. The van der Waals surface area contributed by atoms with Crippen molar-refractivity contribution in [2.75, 3.05) is 4.90 Å². The molecular weight excluding hydrogens is 470 g/mol. The smallest absolute Gasteiger partial charge is 0.265 e. The molecular formula is C33H21N3O2. The number of rotatable bonds is 4. The summed E-state index contributed by atoms with van der Waals surface area (Å²) in [6.07, 6.45) is 0. The molecule has 5 nitrogen and oxygen atoms in total. The van der Waals surface area contributed by atoms with E-state index in [1.54, 1.807) is 18.2 Å². The van der Waals surface area contributed by atoms with Crippen LogP contribution < -0.4 is 4.90 Å². The minimum absolute atomic E-state index is 0.323. The van der Waals surface area contributed by atoms with Crippen LogP contribution in [0.1, 0.15) is 20.7 Å². The molecule has 1 aliphatic rings. The van der Waals surface area contributed by atoms with Crippen LogP contribution in [-0.2, 0) is 0 Å². The number of nitrogens with zero attached hydrogens (tertiary/aromatic N) is 3. The molecule has 180 valence electrons. The Morgan fingerprint density at radius 3 is 1.79 bits per heavy atom. The van der Waals surface area contributed by atoms with Crippen LogP contribution in [0.5, 0.6) is 0 Å². The average molecular weight is 492 g/mol. The summed E-state index contributed by atoms with van der Waals surface area (Å²) in [7, 11) is 0. The number of carbonyl (C=O) groups is 2. The van der Waals surface area contributed by atoms with Crippen molar-refractivity contribution in [1.29, 1.82) is 0 Å². The first-order valence-electron chi connectivity index (χ1n) is 12.4. The number of carbonyl (C=O) groups excluding carboxylic acids is 2. The quantitative estimate of drug-likeness (QED) is 0.246. The van der Waals surface area contributed by atoms with Crippen molar-refractivity contribution in [3.8, 4) is 28.2 Å². The van der Waals surface area contributed by atoms with Gasteiger partial charge in [-0.05, 0) is 47.9 Å². The van der Waals surface area contributed by atoms with Gasteiger partial charge in [0.25, 0.3) is 11.8 Å². The van der Waals surface area contributed by atoms with Crippen molar-refractivity contribution in [2.45, 2.75) is 0 Å². The molecule has 2 amide bonds. The second-order valence-corrected chi connectivity index (χ2v) is 9.20. The van der Waals surface area contributed by atoms with Crippen LogP contribution in [0.3, 0.4) is 0 Å². The summed E-state index contributed by atoms with van der Waals surface area (Å²) in [4.78, 5) is 28.4. The molecule has 0 saturated heterocycles. The number of benzene rings is 5. The number of hydrogen-bond acceptors (Lipinski definition) is 3. The molecule has 6 aromatic rings. The topological polar surface area (TPSA) is 55.2 Å². The first kappa shape index (κ1) is 21.9. The predicted molar refractivity (Wildman–Crippen MR) is 150 cm³/mol. The molecule has 5 aromatic carbocycles. The maximum Gasteiger partial charge on any atom is 0.265 e. The van der Waals surface area contributed by atoms with E-state index < -0.39 is 0 Å². The molecule has 0 atom stereocenters. The van der Waals surface area contributed by atoms with Gasteiger partial charge in [0, 0.05) is 27.6 Å². The zero-order chi connectivity index (χ0) is 25.6. The fourth-order valence-corrected chi connectivity index (χ4v) is 5.22. The third kappa shape index (κ3) is 3.37. The van der Waals surface area contributed by atoms with Crippen LogP contribution in [0.25, 0.3) is 39.0 Å². The van der Waals surface area contributed by atoms with Crippen molar-refractivity contribution in [3.63, 3.8) is 0 Å². The minimum atomic E-state index is -0.323. The lowest BCUT2D eigenvalue weighted by atomic mass is 9.90. The third-order valence-corrected chi connectivity index (χ3v) is 6.98. The van der Waals surface area contributed by atoms with Gasteiger partial charge in [0.05, 0.1) is 22.8 Å². The van der Waals surface area contributed by atoms with Crippen molar-refractivity contribution in [3.05, 3.63) is 139 Å². The highest BCUT2D eigenvalue weighted by molar-refractivity contribution is 6.36. The molecule has 0 saturated carbocycles. The summed E-state index contributed by atoms with van der Waals surface area (Å²) < 4.78 is 1.94. The molecule has 0 fully saturated rings. The Balaban J connectivity index is 1.43. The largest absolute Gasteiger partial charge is 0.268 e. The molecule has 0 unspecified atom stereocenters. The lowest BCUT2D eigenvalue weighted by Gasteiger charge is -2.27. The van der Waals surface area contributed by atoms with Crippen LogP contribution in [0.2, 0.25) is 0 Å². The van der Waals surface area contributed by atoms with E-state index >= 15 is 0 Å². The Morgan fingerprint density at radius 1 is 0.526 bits per heavy atom. The van der Waals surface area contributed by atoms with Gasteiger partial charge in [0.15, 0.2) is 0 Å². The molecule has 5 heteroatoms. The van der Waals surface area contributed by atoms with E-state index in [-0.39, 0.29) is 11.8 Å². The second-order valence-electron chi connectivity index (χ2n) is 9.20. The van der Waals surface area contributed by atoms with E-state index in [0.717, 1.165) is 33.6 Å². The maximum absolute atomic E-state index is 13.6. The molecule has 0 spiro atoms. The molecule has 0 radical (unpaired) electrons. The number of anilines is 1. The highest BCUT2D eigenvalue weighted by Crippen LogP contribution is 2.38. The summed E-state index contributed by atoms with van der Waals surface area (Å²) in [6.45, 7) is 0. The molecule has 1 aliphatic heterocycles. The Labute approximate surface area is 219 Å². The van der Waals surface area contributed by atoms with Gasteiger partial charge < -0.3 is 0 Å². The fraction of sp³-hybridized carbons (Fsp3) is 0. The molecule has 7 rings (SSSR count). The minimum Gasteiger partial charge on any atom is -0.268 e. The summed E-state index contributed by atoms with van der Waals surface area (Å²) in [6, 6.07) is 40.6. The van der Waals surface area contributed by atoms with Gasteiger partial charge in [-0.15, -0.1) is 0 Å². The van der Waals surface area contributed by atoms with E-state index in [4.69, 9.17) is 5.10 Å². The Kier molecular flexibility index (Phi) is 5.01. The predicted octanol–water partition coefficient (Wildman–Crippen LogP) is 7.16. The first-order chi connectivity index (χ1) is 18.7. The molecule has 2 heterocycles. The van der Waals surface area contributed by atoms with Crippen LogP contribution in [0.4, 0.5) is 5.69 Å². The third-order valence-electron chi connectivity index (χ3n) is 6.98. The van der Waals surface area contributed by atoms with Crippen molar-refractivity contribution in [1.82, 2.24) is 9.78 Å². The van der Waals surface area contributed by atoms with Gasteiger partial charge in [-0.3, -0.25) is 9.59 Å². The zero-order valence-electron chi connectivity index (χ0n) is 20.3. The van der Waals surface area contributed by atoms with Crippen LogP contribution >= 0.6 is 0 Å². The van der Waals surface area contributed by atoms with Gasteiger partial charge >= 0.3 is 0 Å². The van der Waals surface area contributed by atoms with Crippen molar-refractivity contribution in [2.24, 2.45) is 0 Å². The summed E-state index contributed by atoms with van der Waals surface area (Å²) in [5, 5.41) is 6.51. The van der Waals surface area contributed by atoms with Crippen LogP contribution in [0.15, 0.2) is 127 Å². The van der Waals surface area contributed by atoms with Crippen molar-refractivity contribution < 1.29 is 9.59 Å². The standard InChI is InChI=1S/C33H21N3O2/c37-32-27-18-10-17-26-25(19-20-28(31(26)27)33(38)35(32)23-13-6-2-7-14-23)29-21-30(22-11-4-1-5-12-22)36(34-29)24-15-8-3-9-16-24/h1-21H. The SMILES string of the molecule is O=C1c2cccc3c(-c4cc(-c5ccccc5)n(-c5ccccc5)n4)ccc(c23)C(=O)N1c1ccccc1. The van der Waals surface area contributed by atoms with E-state index in [2.05, 4.69) is 18.2 Å². The van der Waals surface area contributed by atoms with Crippen LogP contribution in [0, 0.1) is 0 Å². The van der Waals surface area contributed by atoms with Gasteiger partial charge in [-0.25, -0.2) is 9.58 Å². The number of amides is 2. The molecule has 0 aliphatic carbocycles. The van der Waals surface area contributed by atoms with Gasteiger partial charge in [0.2, 0.25) is 0 Å². The van der Waals surface area contributed by atoms with E-state index in [1.807, 2.05) is 95.7 Å². The monoisotopic (exact) mass is 491 g/mol. The first-order valence-corrected chi connectivity index (χ1v) is 12.4. The maximum atomic E-state index is 13.6. The summed E-state index contributed by atoms with van der Waals surface area (Å²) in [5.41, 5.74) is 6.15. The highest BCUT2D eigenvalue weighted by atomic mass is 16.2. The number of imide groups is 1. The Hall–Kier alpha value is -5.29. The normalized spacial score (nSPS) is 12.8. The fourth-order valence-electron chi connectivity index (χ4n) is 5.22. The van der Waals surface area contributed by atoms with Gasteiger partial charge in [0.1, 0.15) is 0 Å². The Bertz CT molecular complexity index is 1760. The summed E-state index contributed by atoms with van der Waals surface area (Å²) >= 11 is 0. The van der Waals surface area contributed by atoms with Gasteiger partial charge in [-0.1, -0.05) is 84.9 Å². The van der Waals surface area contributed by atoms with Crippen LogP contribution in [-0.4, -0.2) is 21.6 Å². The molecule has 38 heavy (non-hydrogen) atoms. The number of para-hydroxylation sites is 2. The lowest BCUT2D eigenvalue weighted by Crippen LogP contribution is -2.40. The van der Waals surface area contributed by atoms with Crippen molar-refractivity contribution >= 4 is 28.3 Å². The number of aromatic nitrogens is 2. The van der Waals surface area contributed by atoms with E-state index in [9.17, 15) is 9.59 Å². The molecule has 0 N–H and O–H groups in total. The lowest BCUT2D eigenvalue weighted by molar-refractivity contribution is 0.0893. The van der Waals surface area contributed by atoms with E-state index in [1.165, 1.54) is 4.90 Å². The van der Waals surface area contributed by atoms with Gasteiger partial charge in [-0.2, -0.15) is 5.10 Å². The second kappa shape index (κ2) is 8.68. The number of hydrogen-bond donors (Lipinski definition) is 0. The Morgan fingerprint density at radius 2 is 1.11 bits per heavy atom. The molecule has 0 bridgehead atoms. The molecule has 1 aromatic heterocycles. The zero-order valence-corrected chi connectivity index (χ0v) is 20.3. The average Bonchev–Trinajstić information content (AvgIpc) is 3.43. The van der Waals surface area contributed by atoms with E-state index in [0.29, 0.717) is 22.2 Å². The highest BCUT2D eigenvalue weighted by Gasteiger charge is 2.34.